The van der Waals surface area contributed by atoms with Crippen LogP contribution in [-0.2, 0) is 21.4 Å². The van der Waals surface area contributed by atoms with Crippen LogP contribution in [0.15, 0.2) is 59.6 Å². The van der Waals surface area contributed by atoms with E-state index in [0.717, 1.165) is 42.4 Å². The third-order valence-corrected chi connectivity index (χ3v) is 9.19. The molecule has 2 saturated heterocycles. The first kappa shape index (κ1) is 25.9. The monoisotopic (exact) mass is 543 g/mol. The summed E-state index contributed by atoms with van der Waals surface area (Å²) in [6, 6.07) is 14.1. The molecule has 0 bridgehead atoms. The van der Waals surface area contributed by atoms with E-state index in [1.165, 1.54) is 4.31 Å². The zero-order valence-corrected chi connectivity index (χ0v) is 22.0. The van der Waals surface area contributed by atoms with Crippen molar-refractivity contribution in [2.24, 2.45) is 5.92 Å². The summed E-state index contributed by atoms with van der Waals surface area (Å²) in [5, 5.41) is 13.1. The number of hydrogen-bond acceptors (Lipinski definition) is 7. The second-order valence-corrected chi connectivity index (χ2v) is 11.9. The number of halogens is 1. The molecule has 0 radical (unpaired) electrons. The summed E-state index contributed by atoms with van der Waals surface area (Å²) < 4.78 is 27.7. The van der Waals surface area contributed by atoms with E-state index in [2.05, 4.69) is 15.3 Å². The zero-order chi connectivity index (χ0) is 26.0. The van der Waals surface area contributed by atoms with Crippen LogP contribution >= 0.6 is 11.6 Å². The number of carbonyl (C=O) groups excluding carboxylic acids is 1. The van der Waals surface area contributed by atoms with Gasteiger partial charge in [0, 0.05) is 43.1 Å². The number of aliphatic hydroxyl groups excluding tert-OH is 1. The van der Waals surface area contributed by atoms with Crippen LogP contribution < -0.4 is 10.3 Å². The van der Waals surface area contributed by atoms with Gasteiger partial charge in [0.2, 0.25) is 10.0 Å². The molecule has 2 aromatic carbocycles. The lowest BCUT2D eigenvalue weighted by molar-refractivity contribution is -0.137. The number of hydrogen-bond donors (Lipinski definition) is 2. The van der Waals surface area contributed by atoms with Gasteiger partial charge in [-0.05, 0) is 65.9 Å². The maximum Gasteiger partial charge on any atom is 0.252 e. The molecule has 196 valence electrons. The second-order valence-electron chi connectivity index (χ2n) is 9.49. The minimum atomic E-state index is -3.79. The van der Waals surface area contributed by atoms with Crippen LogP contribution in [0.1, 0.15) is 18.5 Å². The molecular weight excluding hydrogens is 514 g/mol. The van der Waals surface area contributed by atoms with Crippen molar-refractivity contribution in [1.29, 1.82) is 0 Å². The van der Waals surface area contributed by atoms with Crippen LogP contribution in [0.3, 0.4) is 0 Å². The quantitative estimate of drug-likeness (QED) is 0.472. The maximum absolute atomic E-state index is 13.2. The zero-order valence-electron chi connectivity index (χ0n) is 20.4. The number of amides is 1. The topological polar surface area (TPSA) is 106 Å². The molecule has 0 saturated carbocycles. The lowest BCUT2D eigenvalue weighted by atomic mass is 9.96. The van der Waals surface area contributed by atoms with Crippen molar-refractivity contribution in [2.45, 2.75) is 24.3 Å². The number of piperazine rings is 1. The number of piperidine rings is 1. The summed E-state index contributed by atoms with van der Waals surface area (Å²) in [4.78, 5) is 19.4. The lowest BCUT2D eigenvalue weighted by Crippen LogP contribution is -2.57. The first-order valence-electron chi connectivity index (χ1n) is 12.4. The standard InChI is InChI=1S/C26H30ClN5O4S/c27-22-3-1-21-14-25(4-2-20(21)13-22)37(35,36)31-11-12-32(26(34)17-31)29-16-19-6-9-30(10-7-19)24-5-8-28-23(15-24)18-33/h1-5,8,13-15,19,29,33H,6-7,9-12,16-18H2. The molecule has 37 heavy (non-hydrogen) atoms. The molecule has 9 nitrogen and oxygen atoms in total. The summed E-state index contributed by atoms with van der Waals surface area (Å²) in [5.41, 5.74) is 4.97. The molecule has 0 unspecified atom stereocenters. The number of aliphatic hydroxyl groups is 1. The van der Waals surface area contributed by atoms with E-state index in [-0.39, 0.29) is 30.5 Å². The molecule has 0 spiro atoms. The average molecular weight is 544 g/mol. The van der Waals surface area contributed by atoms with Gasteiger partial charge in [-0.2, -0.15) is 4.31 Å². The van der Waals surface area contributed by atoms with Crippen LogP contribution in [-0.4, -0.2) is 73.0 Å². The Morgan fingerprint density at radius 2 is 1.76 bits per heavy atom. The van der Waals surface area contributed by atoms with Crippen LogP contribution in [0, 0.1) is 5.92 Å². The van der Waals surface area contributed by atoms with Crippen molar-refractivity contribution < 1.29 is 18.3 Å². The van der Waals surface area contributed by atoms with E-state index in [4.69, 9.17) is 11.6 Å². The highest BCUT2D eigenvalue weighted by Gasteiger charge is 2.33. The van der Waals surface area contributed by atoms with Crippen LogP contribution in [0.5, 0.6) is 0 Å². The number of carbonyl (C=O) groups is 1. The highest BCUT2D eigenvalue weighted by Crippen LogP contribution is 2.26. The molecule has 11 heteroatoms. The first-order valence-corrected chi connectivity index (χ1v) is 14.2. The maximum atomic E-state index is 13.2. The summed E-state index contributed by atoms with van der Waals surface area (Å²) in [6.07, 6.45) is 3.66. The Bertz CT molecular complexity index is 1390. The molecule has 5 rings (SSSR count). The molecular formula is C26H30ClN5O4S. The van der Waals surface area contributed by atoms with Gasteiger partial charge in [-0.15, -0.1) is 0 Å². The predicted octanol–water partition coefficient (Wildman–Crippen LogP) is 2.63. The van der Waals surface area contributed by atoms with Crippen molar-refractivity contribution in [2.75, 3.05) is 44.2 Å². The first-order chi connectivity index (χ1) is 17.8. The van der Waals surface area contributed by atoms with Crippen LogP contribution in [0.2, 0.25) is 5.02 Å². The van der Waals surface area contributed by atoms with Gasteiger partial charge in [0.05, 0.1) is 30.3 Å². The van der Waals surface area contributed by atoms with Crippen molar-refractivity contribution in [3.63, 3.8) is 0 Å². The minimum absolute atomic E-state index is 0.0750. The molecule has 1 amide bonds. The Labute approximate surface area is 221 Å². The fourth-order valence-electron chi connectivity index (χ4n) is 4.91. The molecule has 3 aromatic rings. The summed E-state index contributed by atoms with van der Waals surface area (Å²) in [7, 11) is -3.79. The summed E-state index contributed by atoms with van der Waals surface area (Å²) >= 11 is 6.03. The van der Waals surface area contributed by atoms with E-state index in [1.54, 1.807) is 47.6 Å². The average Bonchev–Trinajstić information content (AvgIpc) is 2.92. The van der Waals surface area contributed by atoms with E-state index in [1.807, 2.05) is 12.1 Å². The molecule has 2 N–H and O–H groups in total. The summed E-state index contributed by atoms with van der Waals surface area (Å²) in [5.74, 6) is 0.157. The van der Waals surface area contributed by atoms with Crippen LogP contribution in [0.4, 0.5) is 5.69 Å². The van der Waals surface area contributed by atoms with Gasteiger partial charge in [0.25, 0.3) is 5.91 Å². The Morgan fingerprint density at radius 3 is 2.51 bits per heavy atom. The SMILES string of the molecule is O=C1CN(S(=O)(=O)c2ccc3cc(Cl)ccc3c2)CCN1NCC1CCN(c2ccnc(CO)c2)CC1. The Balaban J connectivity index is 1.13. The number of anilines is 1. The number of aromatic nitrogens is 1. The van der Waals surface area contributed by atoms with Gasteiger partial charge in [-0.3, -0.25) is 14.8 Å². The van der Waals surface area contributed by atoms with E-state index < -0.39 is 10.0 Å². The normalized spacial score (nSPS) is 18.1. The molecule has 0 aliphatic carbocycles. The van der Waals surface area contributed by atoms with Gasteiger partial charge in [-0.25, -0.2) is 13.8 Å². The van der Waals surface area contributed by atoms with Crippen LogP contribution in [0.25, 0.3) is 10.8 Å². The molecule has 3 heterocycles. The number of nitrogens with zero attached hydrogens (tertiary/aromatic N) is 4. The van der Waals surface area contributed by atoms with Gasteiger partial charge in [0.15, 0.2) is 0 Å². The molecule has 1 aromatic heterocycles. The van der Waals surface area contributed by atoms with Crippen molar-refractivity contribution in [3.05, 3.63) is 65.4 Å². The number of rotatable bonds is 7. The van der Waals surface area contributed by atoms with Crippen molar-refractivity contribution in [3.8, 4) is 0 Å². The number of pyridine rings is 1. The second kappa shape index (κ2) is 10.9. The van der Waals surface area contributed by atoms with E-state index in [9.17, 15) is 18.3 Å². The van der Waals surface area contributed by atoms with Gasteiger partial charge in [-0.1, -0.05) is 23.7 Å². The largest absolute Gasteiger partial charge is 0.390 e. The minimum Gasteiger partial charge on any atom is -0.390 e. The number of fused-ring (bicyclic) bond motifs is 1. The summed E-state index contributed by atoms with van der Waals surface area (Å²) in [6.45, 7) is 2.70. The number of nitrogens with one attached hydrogen (secondary N) is 1. The van der Waals surface area contributed by atoms with Gasteiger partial charge in [0.1, 0.15) is 0 Å². The van der Waals surface area contributed by atoms with E-state index in [0.29, 0.717) is 29.7 Å². The number of hydrazine groups is 1. The van der Waals surface area contributed by atoms with Crippen molar-refractivity contribution >= 4 is 44.0 Å². The highest BCUT2D eigenvalue weighted by molar-refractivity contribution is 7.89. The lowest BCUT2D eigenvalue weighted by Gasteiger charge is -2.37. The third kappa shape index (κ3) is 5.73. The fraction of sp³-hybridized carbons (Fsp3) is 0.385. The third-order valence-electron chi connectivity index (χ3n) is 7.11. The molecule has 2 aliphatic heterocycles. The smallest absolute Gasteiger partial charge is 0.252 e. The van der Waals surface area contributed by atoms with E-state index >= 15 is 0 Å². The number of benzene rings is 2. The molecule has 2 fully saturated rings. The molecule has 2 aliphatic rings. The Morgan fingerprint density at radius 1 is 1.00 bits per heavy atom. The number of sulfonamides is 1. The van der Waals surface area contributed by atoms with Gasteiger partial charge >= 0.3 is 0 Å². The highest BCUT2D eigenvalue weighted by atomic mass is 35.5. The van der Waals surface area contributed by atoms with Crippen molar-refractivity contribution in [1.82, 2.24) is 19.7 Å². The van der Waals surface area contributed by atoms with Gasteiger partial charge < -0.3 is 10.0 Å². The Hall–Kier alpha value is -2.76. The fourth-order valence-corrected chi connectivity index (χ4v) is 6.51. The molecule has 0 atom stereocenters. The Kier molecular flexibility index (Phi) is 7.64. The predicted molar refractivity (Wildman–Crippen MR) is 143 cm³/mol.